The van der Waals surface area contributed by atoms with Crippen LogP contribution in [0.15, 0.2) is 24.6 Å². The third-order valence-electron chi connectivity index (χ3n) is 2.10. The summed E-state index contributed by atoms with van der Waals surface area (Å²) in [5.41, 5.74) is 1.23. The lowest BCUT2D eigenvalue weighted by Crippen LogP contribution is -2.09. The molecule has 0 radical (unpaired) electrons. The van der Waals surface area contributed by atoms with Gasteiger partial charge in [0.1, 0.15) is 12.2 Å². The molecule has 0 amide bonds. The van der Waals surface area contributed by atoms with Crippen LogP contribution in [0, 0.1) is 12.3 Å². The van der Waals surface area contributed by atoms with E-state index in [9.17, 15) is 0 Å². The van der Waals surface area contributed by atoms with Crippen molar-refractivity contribution in [3.63, 3.8) is 0 Å². The summed E-state index contributed by atoms with van der Waals surface area (Å²) in [6, 6.07) is 0. The van der Waals surface area contributed by atoms with Gasteiger partial charge in [0.25, 0.3) is 0 Å². The van der Waals surface area contributed by atoms with E-state index in [4.69, 9.17) is 0 Å². The van der Waals surface area contributed by atoms with Gasteiger partial charge in [-0.15, -0.1) is 0 Å². The van der Waals surface area contributed by atoms with Gasteiger partial charge in [-0.1, -0.05) is 33.4 Å². The van der Waals surface area contributed by atoms with E-state index in [0.29, 0.717) is 0 Å². The van der Waals surface area contributed by atoms with Gasteiger partial charge in [-0.2, -0.15) is 5.10 Å². The summed E-state index contributed by atoms with van der Waals surface area (Å²) < 4.78 is 1.77. The first-order valence-electron chi connectivity index (χ1n) is 4.66. The highest BCUT2D eigenvalue weighted by Crippen LogP contribution is 2.26. The normalized spacial score (nSPS) is 13.0. The summed E-state index contributed by atoms with van der Waals surface area (Å²) >= 11 is 0. The number of nitrogens with zero attached hydrogens (tertiary/aromatic N) is 3. The molecule has 0 unspecified atom stereocenters. The zero-order valence-electron chi connectivity index (χ0n) is 9.28. The van der Waals surface area contributed by atoms with Gasteiger partial charge in [0.15, 0.2) is 0 Å². The van der Waals surface area contributed by atoms with Crippen molar-refractivity contribution in [2.45, 2.75) is 27.7 Å². The van der Waals surface area contributed by atoms with Crippen LogP contribution in [0.3, 0.4) is 0 Å². The topological polar surface area (TPSA) is 30.7 Å². The predicted octanol–water partition coefficient (Wildman–Crippen LogP) is 2.66. The molecule has 1 aromatic heterocycles. The number of hydrogen-bond donors (Lipinski definition) is 0. The minimum atomic E-state index is 0.0835. The second-order valence-electron chi connectivity index (χ2n) is 4.29. The molecule has 0 aliphatic rings. The van der Waals surface area contributed by atoms with E-state index in [2.05, 4.69) is 37.4 Å². The maximum Gasteiger partial charge on any atom is 0.138 e. The third kappa shape index (κ3) is 2.31. The fourth-order valence-electron chi connectivity index (χ4n) is 1.12. The molecular weight excluding hydrogens is 174 g/mol. The van der Waals surface area contributed by atoms with Gasteiger partial charge in [0.2, 0.25) is 0 Å². The van der Waals surface area contributed by atoms with E-state index >= 15 is 0 Å². The number of hydrogen-bond acceptors (Lipinski definition) is 2. The van der Waals surface area contributed by atoms with Crippen LogP contribution < -0.4 is 0 Å². The first-order valence-corrected chi connectivity index (χ1v) is 4.66. The minimum absolute atomic E-state index is 0.0835. The monoisotopic (exact) mass is 191 g/mol. The molecule has 0 N–H and O–H groups in total. The fourth-order valence-corrected chi connectivity index (χ4v) is 1.12. The van der Waals surface area contributed by atoms with Crippen molar-refractivity contribution in [3.8, 4) is 0 Å². The van der Waals surface area contributed by atoms with E-state index in [1.807, 2.05) is 19.2 Å². The maximum atomic E-state index is 4.10. The Morgan fingerprint density at radius 1 is 1.50 bits per heavy atom. The van der Waals surface area contributed by atoms with E-state index in [1.54, 1.807) is 11.0 Å². The van der Waals surface area contributed by atoms with Crippen LogP contribution in [-0.2, 0) is 0 Å². The average molecular weight is 191 g/mol. The minimum Gasteiger partial charge on any atom is -0.225 e. The molecule has 76 valence electrons. The molecular formula is C11H17N3. The molecule has 1 rings (SSSR count). The summed E-state index contributed by atoms with van der Waals surface area (Å²) in [5, 5.41) is 4.10. The molecule has 0 atom stereocenters. The Morgan fingerprint density at radius 3 is 2.50 bits per heavy atom. The molecule has 3 nitrogen and oxygen atoms in total. The lowest BCUT2D eigenvalue weighted by Gasteiger charge is -2.19. The highest BCUT2D eigenvalue weighted by molar-refractivity contribution is 5.40. The van der Waals surface area contributed by atoms with Crippen molar-refractivity contribution < 1.29 is 0 Å². The lowest BCUT2D eigenvalue weighted by atomic mass is 9.87. The van der Waals surface area contributed by atoms with Crippen LogP contribution in [0.5, 0.6) is 0 Å². The quantitative estimate of drug-likeness (QED) is 0.673. The van der Waals surface area contributed by atoms with Gasteiger partial charge in [-0.25, -0.2) is 9.67 Å². The Labute approximate surface area is 85.2 Å². The molecule has 0 aliphatic carbocycles. The van der Waals surface area contributed by atoms with Crippen molar-refractivity contribution >= 4 is 6.20 Å². The standard InChI is InChI=1S/C11H17N3/c1-6-10(11(3,4)5)7-14-9(2)12-8-13-14/h6-8H,1H2,2-5H3/b10-7+. The Kier molecular flexibility index (Phi) is 2.89. The van der Waals surface area contributed by atoms with Gasteiger partial charge < -0.3 is 0 Å². The van der Waals surface area contributed by atoms with Crippen molar-refractivity contribution in [1.29, 1.82) is 0 Å². The number of aryl methyl sites for hydroxylation is 1. The van der Waals surface area contributed by atoms with Gasteiger partial charge in [-0.05, 0) is 17.9 Å². The molecule has 14 heavy (non-hydrogen) atoms. The Balaban J connectivity index is 3.08. The van der Waals surface area contributed by atoms with Crippen LogP contribution in [0.4, 0.5) is 0 Å². The molecule has 0 aliphatic heterocycles. The Bertz CT molecular complexity index is 353. The summed E-state index contributed by atoms with van der Waals surface area (Å²) in [4.78, 5) is 4.06. The second-order valence-corrected chi connectivity index (χ2v) is 4.29. The molecule has 0 aromatic carbocycles. The van der Waals surface area contributed by atoms with Crippen LogP contribution in [-0.4, -0.2) is 14.8 Å². The van der Waals surface area contributed by atoms with Crippen LogP contribution >= 0.6 is 0 Å². The van der Waals surface area contributed by atoms with E-state index < -0.39 is 0 Å². The zero-order valence-corrected chi connectivity index (χ0v) is 9.28. The first-order chi connectivity index (χ1) is 6.45. The van der Waals surface area contributed by atoms with Crippen LogP contribution in [0.1, 0.15) is 26.6 Å². The summed E-state index contributed by atoms with van der Waals surface area (Å²) in [5.74, 6) is 0.883. The molecule has 0 saturated heterocycles. The predicted molar refractivity (Wildman–Crippen MR) is 58.7 cm³/mol. The van der Waals surface area contributed by atoms with Crippen LogP contribution in [0.2, 0.25) is 0 Å². The van der Waals surface area contributed by atoms with Crippen molar-refractivity contribution in [3.05, 3.63) is 30.4 Å². The zero-order chi connectivity index (χ0) is 10.8. The van der Waals surface area contributed by atoms with Gasteiger partial charge >= 0.3 is 0 Å². The van der Waals surface area contributed by atoms with E-state index in [-0.39, 0.29) is 5.41 Å². The molecule has 1 aromatic rings. The molecule has 0 spiro atoms. The van der Waals surface area contributed by atoms with Crippen molar-refractivity contribution in [1.82, 2.24) is 14.8 Å². The summed E-state index contributed by atoms with van der Waals surface area (Å²) in [7, 11) is 0. The second kappa shape index (κ2) is 3.78. The average Bonchev–Trinajstić information content (AvgIpc) is 2.45. The smallest absolute Gasteiger partial charge is 0.138 e. The molecule has 0 fully saturated rings. The first kappa shape index (κ1) is 10.7. The fraction of sp³-hybridized carbons (Fsp3) is 0.455. The third-order valence-corrected chi connectivity index (χ3v) is 2.10. The van der Waals surface area contributed by atoms with Crippen molar-refractivity contribution in [2.75, 3.05) is 0 Å². The van der Waals surface area contributed by atoms with E-state index in [0.717, 1.165) is 11.4 Å². The summed E-state index contributed by atoms with van der Waals surface area (Å²) in [6.45, 7) is 12.2. The molecule has 0 bridgehead atoms. The Hall–Kier alpha value is -1.38. The lowest BCUT2D eigenvalue weighted by molar-refractivity contribution is 0.518. The Morgan fingerprint density at radius 2 is 2.14 bits per heavy atom. The molecule has 1 heterocycles. The van der Waals surface area contributed by atoms with Gasteiger partial charge in [0, 0.05) is 6.20 Å². The molecule has 0 saturated carbocycles. The van der Waals surface area contributed by atoms with Gasteiger partial charge in [-0.3, -0.25) is 0 Å². The van der Waals surface area contributed by atoms with E-state index in [1.165, 1.54) is 0 Å². The number of allylic oxidation sites excluding steroid dienone is 2. The largest absolute Gasteiger partial charge is 0.225 e. The highest BCUT2D eigenvalue weighted by Gasteiger charge is 2.14. The van der Waals surface area contributed by atoms with Gasteiger partial charge in [0.05, 0.1) is 0 Å². The summed E-state index contributed by atoms with van der Waals surface area (Å²) in [6.07, 6.45) is 5.38. The highest BCUT2D eigenvalue weighted by atomic mass is 15.3. The molecule has 3 heteroatoms. The SMILES string of the molecule is C=C/C(=C\n1ncnc1C)C(C)(C)C. The number of aromatic nitrogens is 3. The number of rotatable bonds is 2. The van der Waals surface area contributed by atoms with Crippen LogP contribution in [0.25, 0.3) is 6.20 Å². The maximum absolute atomic E-state index is 4.10. The van der Waals surface area contributed by atoms with Crippen molar-refractivity contribution in [2.24, 2.45) is 5.41 Å².